The van der Waals surface area contributed by atoms with E-state index in [0.717, 1.165) is 17.9 Å². The molecule has 0 spiro atoms. The lowest BCUT2D eigenvalue weighted by molar-refractivity contribution is 0.0794. The minimum atomic E-state index is 0.446. The molecule has 106 valence electrons. The molecule has 2 fully saturated rings. The van der Waals surface area contributed by atoms with Crippen molar-refractivity contribution in [3.05, 3.63) is 0 Å². The zero-order valence-corrected chi connectivity index (χ0v) is 12.8. The summed E-state index contributed by atoms with van der Waals surface area (Å²) in [6.07, 6.45) is 9.84. The SMILES string of the molecule is CC(C)C1CC(NCC2(N(C)C)CCCCC2)C1. The third-order valence-corrected chi connectivity index (χ3v) is 5.57. The van der Waals surface area contributed by atoms with Gasteiger partial charge in [-0.15, -0.1) is 0 Å². The Morgan fingerprint density at radius 2 is 1.72 bits per heavy atom. The van der Waals surface area contributed by atoms with E-state index in [2.05, 4.69) is 38.2 Å². The van der Waals surface area contributed by atoms with Gasteiger partial charge in [-0.2, -0.15) is 0 Å². The summed E-state index contributed by atoms with van der Waals surface area (Å²) in [4.78, 5) is 2.48. The Labute approximate surface area is 114 Å². The van der Waals surface area contributed by atoms with Crippen molar-refractivity contribution < 1.29 is 0 Å². The lowest BCUT2D eigenvalue weighted by Gasteiger charge is -2.46. The molecule has 0 saturated heterocycles. The van der Waals surface area contributed by atoms with Crippen molar-refractivity contribution >= 4 is 0 Å². The Balaban J connectivity index is 1.77. The molecule has 2 heteroatoms. The van der Waals surface area contributed by atoms with Crippen LogP contribution in [0.25, 0.3) is 0 Å². The predicted molar refractivity (Wildman–Crippen MR) is 78.9 cm³/mol. The van der Waals surface area contributed by atoms with Crippen LogP contribution in [-0.4, -0.2) is 37.1 Å². The van der Waals surface area contributed by atoms with Crippen LogP contribution >= 0.6 is 0 Å². The highest BCUT2D eigenvalue weighted by Gasteiger charge is 2.37. The Morgan fingerprint density at radius 3 is 2.22 bits per heavy atom. The highest BCUT2D eigenvalue weighted by atomic mass is 15.2. The molecule has 2 aliphatic rings. The number of nitrogens with one attached hydrogen (secondary N) is 1. The third-order valence-electron chi connectivity index (χ3n) is 5.57. The molecule has 2 nitrogen and oxygen atoms in total. The van der Waals surface area contributed by atoms with Crippen molar-refractivity contribution in [3.63, 3.8) is 0 Å². The molecule has 0 amide bonds. The first-order chi connectivity index (χ1) is 8.53. The van der Waals surface area contributed by atoms with Crippen molar-refractivity contribution in [1.82, 2.24) is 10.2 Å². The molecule has 0 aliphatic heterocycles. The summed E-state index contributed by atoms with van der Waals surface area (Å²) in [6.45, 7) is 5.93. The van der Waals surface area contributed by atoms with Gasteiger partial charge in [0.15, 0.2) is 0 Å². The van der Waals surface area contributed by atoms with E-state index in [4.69, 9.17) is 0 Å². The number of hydrogen-bond acceptors (Lipinski definition) is 2. The Bertz CT molecular complexity index is 248. The topological polar surface area (TPSA) is 15.3 Å². The third kappa shape index (κ3) is 3.08. The van der Waals surface area contributed by atoms with Crippen LogP contribution in [0.2, 0.25) is 0 Å². The van der Waals surface area contributed by atoms with Crippen molar-refractivity contribution in [1.29, 1.82) is 0 Å². The van der Waals surface area contributed by atoms with Gasteiger partial charge in [0.1, 0.15) is 0 Å². The zero-order chi connectivity index (χ0) is 13.2. The molecule has 0 heterocycles. The molecule has 0 aromatic heterocycles. The molecule has 0 aromatic carbocycles. The van der Waals surface area contributed by atoms with Crippen molar-refractivity contribution in [2.24, 2.45) is 11.8 Å². The highest BCUT2D eigenvalue weighted by molar-refractivity contribution is 4.95. The molecule has 0 atom stereocenters. The molecule has 0 aromatic rings. The second-order valence-electron chi connectivity index (χ2n) is 7.23. The lowest BCUT2D eigenvalue weighted by Crippen LogP contribution is -2.56. The number of hydrogen-bond donors (Lipinski definition) is 1. The lowest BCUT2D eigenvalue weighted by atomic mass is 9.73. The largest absolute Gasteiger partial charge is 0.312 e. The smallest absolute Gasteiger partial charge is 0.0327 e. The second-order valence-corrected chi connectivity index (χ2v) is 7.23. The van der Waals surface area contributed by atoms with Crippen LogP contribution in [0, 0.1) is 11.8 Å². The quantitative estimate of drug-likeness (QED) is 0.808. The van der Waals surface area contributed by atoms with Crippen LogP contribution in [0.5, 0.6) is 0 Å². The normalized spacial score (nSPS) is 31.7. The van der Waals surface area contributed by atoms with E-state index in [1.54, 1.807) is 0 Å². The molecule has 18 heavy (non-hydrogen) atoms. The van der Waals surface area contributed by atoms with Gasteiger partial charge in [0, 0.05) is 18.1 Å². The fraction of sp³-hybridized carbons (Fsp3) is 1.00. The fourth-order valence-electron chi connectivity index (χ4n) is 3.70. The summed E-state index contributed by atoms with van der Waals surface area (Å²) in [7, 11) is 4.54. The maximum atomic E-state index is 3.85. The molecule has 0 unspecified atom stereocenters. The van der Waals surface area contributed by atoms with E-state index < -0.39 is 0 Å². The number of likely N-dealkylation sites (N-methyl/N-ethyl adjacent to an activating group) is 1. The Hall–Kier alpha value is -0.0800. The van der Waals surface area contributed by atoms with Gasteiger partial charge in [0.25, 0.3) is 0 Å². The maximum absolute atomic E-state index is 3.85. The summed E-state index contributed by atoms with van der Waals surface area (Å²) in [5.74, 6) is 1.85. The van der Waals surface area contributed by atoms with E-state index in [0.29, 0.717) is 5.54 Å². The first-order valence-corrected chi connectivity index (χ1v) is 7.94. The zero-order valence-electron chi connectivity index (χ0n) is 12.8. The number of nitrogens with zero attached hydrogens (tertiary/aromatic N) is 1. The van der Waals surface area contributed by atoms with Crippen LogP contribution in [0.15, 0.2) is 0 Å². The van der Waals surface area contributed by atoms with Crippen LogP contribution < -0.4 is 5.32 Å². The molecule has 0 bridgehead atoms. The molecule has 2 rings (SSSR count). The van der Waals surface area contributed by atoms with Crippen LogP contribution in [0.4, 0.5) is 0 Å². The van der Waals surface area contributed by atoms with Crippen LogP contribution in [0.3, 0.4) is 0 Å². The minimum Gasteiger partial charge on any atom is -0.312 e. The van der Waals surface area contributed by atoms with Gasteiger partial charge in [0.2, 0.25) is 0 Å². The first-order valence-electron chi connectivity index (χ1n) is 7.94. The summed E-state index contributed by atoms with van der Waals surface area (Å²) in [5.41, 5.74) is 0.446. The molecular formula is C16H32N2. The monoisotopic (exact) mass is 252 g/mol. The van der Waals surface area contributed by atoms with Gasteiger partial charge in [-0.1, -0.05) is 33.1 Å². The Morgan fingerprint density at radius 1 is 1.11 bits per heavy atom. The van der Waals surface area contributed by atoms with E-state index in [-0.39, 0.29) is 0 Å². The van der Waals surface area contributed by atoms with Gasteiger partial charge < -0.3 is 10.2 Å². The molecular weight excluding hydrogens is 220 g/mol. The summed E-state index contributed by atoms with van der Waals surface area (Å²) >= 11 is 0. The van der Waals surface area contributed by atoms with Gasteiger partial charge in [-0.05, 0) is 51.6 Å². The Kier molecular flexibility index (Phi) is 4.71. The molecule has 2 aliphatic carbocycles. The van der Waals surface area contributed by atoms with E-state index in [9.17, 15) is 0 Å². The predicted octanol–water partition coefficient (Wildman–Crippen LogP) is 3.28. The van der Waals surface area contributed by atoms with Crippen molar-refractivity contribution in [2.75, 3.05) is 20.6 Å². The van der Waals surface area contributed by atoms with Gasteiger partial charge in [-0.3, -0.25) is 0 Å². The second kappa shape index (κ2) is 5.92. The molecule has 1 N–H and O–H groups in total. The van der Waals surface area contributed by atoms with E-state index in [1.807, 2.05) is 0 Å². The van der Waals surface area contributed by atoms with Gasteiger partial charge in [0.05, 0.1) is 0 Å². The van der Waals surface area contributed by atoms with Crippen molar-refractivity contribution in [3.8, 4) is 0 Å². The van der Waals surface area contributed by atoms with Crippen LogP contribution in [0.1, 0.15) is 58.8 Å². The summed E-state index contributed by atoms with van der Waals surface area (Å²) in [5, 5.41) is 3.85. The van der Waals surface area contributed by atoms with Crippen molar-refractivity contribution in [2.45, 2.75) is 70.4 Å². The van der Waals surface area contributed by atoms with Gasteiger partial charge in [-0.25, -0.2) is 0 Å². The molecule has 0 radical (unpaired) electrons. The summed E-state index contributed by atoms with van der Waals surface area (Å²) in [6, 6.07) is 0.802. The highest BCUT2D eigenvalue weighted by Crippen LogP contribution is 2.35. The standard InChI is InChI=1S/C16H32N2/c1-13(2)14-10-15(11-14)17-12-16(18(3)4)8-6-5-7-9-16/h13-15,17H,5-12H2,1-4H3. The number of rotatable bonds is 5. The summed E-state index contributed by atoms with van der Waals surface area (Å²) < 4.78 is 0. The first kappa shape index (κ1) is 14.3. The fourth-order valence-corrected chi connectivity index (χ4v) is 3.70. The average molecular weight is 252 g/mol. The maximum Gasteiger partial charge on any atom is 0.0327 e. The minimum absolute atomic E-state index is 0.446. The van der Waals surface area contributed by atoms with Crippen LogP contribution in [-0.2, 0) is 0 Å². The van der Waals surface area contributed by atoms with E-state index >= 15 is 0 Å². The van der Waals surface area contributed by atoms with E-state index in [1.165, 1.54) is 51.5 Å². The molecule has 2 saturated carbocycles. The average Bonchev–Trinajstić information content (AvgIpc) is 2.27. The van der Waals surface area contributed by atoms with Gasteiger partial charge >= 0.3 is 0 Å².